The number of halogens is 3. The van der Waals surface area contributed by atoms with Crippen molar-refractivity contribution in [2.45, 2.75) is 18.8 Å². The Morgan fingerprint density at radius 1 is 1.03 bits per heavy atom. The van der Waals surface area contributed by atoms with Crippen LogP contribution >= 0.6 is 34.8 Å². The molecule has 2 aromatic carbocycles. The third-order valence-corrected chi connectivity index (χ3v) is 6.19. The van der Waals surface area contributed by atoms with E-state index in [-0.39, 0.29) is 18.2 Å². The van der Waals surface area contributed by atoms with E-state index in [1.165, 1.54) is 0 Å². The minimum atomic E-state index is -0.211. The fraction of sp³-hybridized carbons (Fsp3) is 0.167. The first-order chi connectivity index (χ1) is 15.0. The normalized spacial score (nSPS) is 12.1. The van der Waals surface area contributed by atoms with Crippen LogP contribution in [0.3, 0.4) is 0 Å². The lowest BCUT2D eigenvalue weighted by Crippen LogP contribution is -2.27. The first-order valence-corrected chi connectivity index (χ1v) is 11.0. The largest absolute Gasteiger partial charge is 0.361 e. The van der Waals surface area contributed by atoms with E-state index in [0.29, 0.717) is 28.0 Å². The Hall–Kier alpha value is -2.53. The Balaban J connectivity index is 1.58. The van der Waals surface area contributed by atoms with Crippen LogP contribution in [0.2, 0.25) is 15.1 Å². The monoisotopic (exact) mass is 471 g/mol. The minimum absolute atomic E-state index is 0.0524. The molecule has 158 valence electrons. The molecule has 0 saturated heterocycles. The molecule has 1 unspecified atom stereocenters. The summed E-state index contributed by atoms with van der Waals surface area (Å²) >= 11 is 18.6. The van der Waals surface area contributed by atoms with Gasteiger partial charge >= 0.3 is 0 Å². The van der Waals surface area contributed by atoms with E-state index in [9.17, 15) is 4.79 Å². The maximum absolute atomic E-state index is 12.8. The summed E-state index contributed by atoms with van der Waals surface area (Å²) in [6.07, 6.45) is 4.61. The Kier molecular flexibility index (Phi) is 6.81. The predicted molar refractivity (Wildman–Crippen MR) is 127 cm³/mol. The molecule has 2 heterocycles. The molecule has 2 aromatic heterocycles. The van der Waals surface area contributed by atoms with Gasteiger partial charge in [-0.25, -0.2) is 0 Å². The Labute approximate surface area is 195 Å². The van der Waals surface area contributed by atoms with Crippen LogP contribution in [-0.4, -0.2) is 22.4 Å². The van der Waals surface area contributed by atoms with Crippen LogP contribution in [0.5, 0.6) is 0 Å². The number of fused-ring (bicyclic) bond motifs is 1. The van der Waals surface area contributed by atoms with Crippen molar-refractivity contribution >= 4 is 51.6 Å². The van der Waals surface area contributed by atoms with Gasteiger partial charge in [0, 0.05) is 59.3 Å². The fourth-order valence-electron chi connectivity index (χ4n) is 3.67. The smallest absolute Gasteiger partial charge is 0.220 e. The number of aromatic amines is 1. The third kappa shape index (κ3) is 5.21. The second-order valence-electron chi connectivity index (χ2n) is 7.29. The van der Waals surface area contributed by atoms with Crippen molar-refractivity contribution in [3.8, 4) is 0 Å². The highest BCUT2D eigenvalue weighted by atomic mass is 35.5. The summed E-state index contributed by atoms with van der Waals surface area (Å²) in [6, 6.07) is 16.9. The molecule has 4 nitrogen and oxygen atoms in total. The Morgan fingerprint density at radius 3 is 2.68 bits per heavy atom. The molecular formula is C24H20Cl3N3O. The van der Waals surface area contributed by atoms with Crippen molar-refractivity contribution in [3.05, 3.63) is 98.9 Å². The van der Waals surface area contributed by atoms with E-state index in [4.69, 9.17) is 34.8 Å². The number of rotatable bonds is 7. The van der Waals surface area contributed by atoms with Crippen molar-refractivity contribution in [2.24, 2.45) is 0 Å². The standard InChI is InChI=1S/C24H20Cl3N3O/c25-16-5-7-23-19(12-16)20(14-30-23)18(15-4-6-21(26)22(27)11-15)13-24(31)29-10-8-17-3-1-2-9-28-17/h1-7,9,11-12,14,18,30H,8,10,13H2,(H,29,31). The number of nitrogens with one attached hydrogen (secondary N) is 2. The molecule has 31 heavy (non-hydrogen) atoms. The zero-order valence-electron chi connectivity index (χ0n) is 16.5. The highest BCUT2D eigenvalue weighted by molar-refractivity contribution is 6.42. The average Bonchev–Trinajstić information content (AvgIpc) is 3.17. The van der Waals surface area contributed by atoms with Crippen LogP contribution < -0.4 is 5.32 Å². The Morgan fingerprint density at radius 2 is 1.90 bits per heavy atom. The summed E-state index contributed by atoms with van der Waals surface area (Å²) in [5, 5.41) is 5.55. The van der Waals surface area contributed by atoms with Gasteiger partial charge in [0.25, 0.3) is 0 Å². The molecule has 0 bridgehead atoms. The average molecular weight is 473 g/mol. The maximum Gasteiger partial charge on any atom is 0.220 e. The Bertz CT molecular complexity index is 1210. The molecular weight excluding hydrogens is 453 g/mol. The quantitative estimate of drug-likeness (QED) is 0.327. The number of carbonyl (C=O) groups is 1. The summed E-state index contributed by atoms with van der Waals surface area (Å²) in [5.41, 5.74) is 3.79. The first-order valence-electron chi connectivity index (χ1n) is 9.89. The molecule has 0 aliphatic rings. The molecule has 0 radical (unpaired) electrons. The zero-order chi connectivity index (χ0) is 21.8. The molecule has 0 spiro atoms. The van der Waals surface area contributed by atoms with Gasteiger partial charge in [-0.2, -0.15) is 0 Å². The van der Waals surface area contributed by atoms with E-state index in [1.54, 1.807) is 12.3 Å². The molecule has 4 aromatic rings. The molecule has 2 N–H and O–H groups in total. The van der Waals surface area contributed by atoms with Crippen LogP contribution in [-0.2, 0) is 11.2 Å². The van der Waals surface area contributed by atoms with Crippen molar-refractivity contribution < 1.29 is 4.79 Å². The highest BCUT2D eigenvalue weighted by Gasteiger charge is 2.22. The van der Waals surface area contributed by atoms with Gasteiger partial charge in [0.2, 0.25) is 5.91 Å². The van der Waals surface area contributed by atoms with Gasteiger partial charge in [-0.3, -0.25) is 9.78 Å². The lowest BCUT2D eigenvalue weighted by molar-refractivity contribution is -0.121. The van der Waals surface area contributed by atoms with Crippen molar-refractivity contribution in [1.29, 1.82) is 0 Å². The molecule has 1 amide bonds. The number of amides is 1. The van der Waals surface area contributed by atoms with Crippen LogP contribution in [0.4, 0.5) is 0 Å². The summed E-state index contributed by atoms with van der Waals surface area (Å²) in [6.45, 7) is 0.518. The predicted octanol–water partition coefficient (Wildman–Crippen LogP) is 6.40. The maximum atomic E-state index is 12.8. The van der Waals surface area contributed by atoms with Crippen molar-refractivity contribution in [3.63, 3.8) is 0 Å². The molecule has 0 saturated carbocycles. The van der Waals surface area contributed by atoms with Crippen LogP contribution in [0.25, 0.3) is 10.9 Å². The van der Waals surface area contributed by atoms with E-state index in [1.807, 2.05) is 54.7 Å². The number of pyridine rings is 1. The molecule has 0 aliphatic carbocycles. The lowest BCUT2D eigenvalue weighted by Gasteiger charge is -2.18. The summed E-state index contributed by atoms with van der Waals surface area (Å²) < 4.78 is 0. The highest BCUT2D eigenvalue weighted by Crippen LogP contribution is 2.36. The molecule has 7 heteroatoms. The van der Waals surface area contributed by atoms with Crippen LogP contribution in [0, 0.1) is 0 Å². The molecule has 1 atom stereocenters. The second-order valence-corrected chi connectivity index (χ2v) is 8.54. The van der Waals surface area contributed by atoms with Gasteiger partial charge in [-0.05, 0) is 53.6 Å². The molecule has 4 rings (SSSR count). The molecule has 0 fully saturated rings. The summed E-state index contributed by atoms with van der Waals surface area (Å²) in [4.78, 5) is 20.4. The van der Waals surface area contributed by atoms with Crippen LogP contribution in [0.15, 0.2) is 67.0 Å². The van der Waals surface area contributed by atoms with Crippen LogP contribution in [0.1, 0.15) is 29.2 Å². The van der Waals surface area contributed by atoms with Gasteiger partial charge in [-0.1, -0.05) is 46.9 Å². The minimum Gasteiger partial charge on any atom is -0.361 e. The zero-order valence-corrected chi connectivity index (χ0v) is 18.8. The number of benzene rings is 2. The number of H-pyrrole nitrogens is 1. The number of nitrogens with zero attached hydrogens (tertiary/aromatic N) is 1. The summed E-state index contributed by atoms with van der Waals surface area (Å²) in [7, 11) is 0. The number of carbonyl (C=O) groups excluding carboxylic acids is 1. The second kappa shape index (κ2) is 9.73. The van der Waals surface area contributed by atoms with Gasteiger partial charge in [0.05, 0.1) is 10.0 Å². The third-order valence-electron chi connectivity index (χ3n) is 5.22. The lowest BCUT2D eigenvalue weighted by atomic mass is 9.88. The first kappa shape index (κ1) is 21.7. The van der Waals surface area contributed by atoms with E-state index in [0.717, 1.165) is 27.7 Å². The van der Waals surface area contributed by atoms with Crippen molar-refractivity contribution in [1.82, 2.24) is 15.3 Å². The van der Waals surface area contributed by atoms with Gasteiger partial charge in [0.1, 0.15) is 0 Å². The number of aromatic nitrogens is 2. The van der Waals surface area contributed by atoms with Gasteiger partial charge in [0.15, 0.2) is 0 Å². The number of hydrogen-bond acceptors (Lipinski definition) is 2. The SMILES string of the molecule is O=C(CC(c1ccc(Cl)c(Cl)c1)c1c[nH]c2ccc(Cl)cc12)NCCc1ccccn1. The van der Waals surface area contributed by atoms with Crippen molar-refractivity contribution in [2.75, 3.05) is 6.54 Å². The van der Waals surface area contributed by atoms with Gasteiger partial charge in [-0.15, -0.1) is 0 Å². The van der Waals surface area contributed by atoms with E-state index in [2.05, 4.69) is 15.3 Å². The topological polar surface area (TPSA) is 57.8 Å². The van der Waals surface area contributed by atoms with Gasteiger partial charge < -0.3 is 10.3 Å². The number of hydrogen-bond donors (Lipinski definition) is 2. The fourth-order valence-corrected chi connectivity index (χ4v) is 4.15. The van der Waals surface area contributed by atoms with E-state index >= 15 is 0 Å². The van der Waals surface area contributed by atoms with E-state index < -0.39 is 0 Å². The summed E-state index contributed by atoms with van der Waals surface area (Å²) in [5.74, 6) is -0.264. The molecule has 0 aliphatic heterocycles.